The standard InChI is InChI=1S/C18H23ClN2O4.C18H25ClN2O2.CH4O/c1-17(2,3)25-16(22)6-12-8-18(9-12)10-20(11-18)15-5-4-13(21(23)24)7-14(15)19;1-17(2,3)23-16(22)6-12-8-18(9-12)10-21(11-18)15-5-4-13(20)7-14(15)19;1-2/h4-5,7,12H,6,8-11H2,1-3H3;4-5,7,12H,6,8-11,20H2,1-3H3;2H,1H3. The third kappa shape index (κ3) is 9.94. The van der Waals surface area contributed by atoms with Crippen molar-refractivity contribution >= 4 is 57.9 Å². The van der Waals surface area contributed by atoms with E-state index in [1.807, 2.05) is 53.7 Å². The van der Waals surface area contributed by atoms with Crippen LogP contribution in [0.25, 0.3) is 0 Å². The Morgan fingerprint density at radius 3 is 1.52 bits per heavy atom. The number of halogens is 2. The molecular weight excluding hydrogens is 683 g/mol. The van der Waals surface area contributed by atoms with Gasteiger partial charge in [-0.1, -0.05) is 23.2 Å². The largest absolute Gasteiger partial charge is 0.460 e. The van der Waals surface area contributed by atoms with Crippen LogP contribution in [0.3, 0.4) is 0 Å². The number of carbonyl (C=O) groups is 2. The maximum Gasteiger partial charge on any atom is 0.306 e. The van der Waals surface area contributed by atoms with Crippen molar-refractivity contribution in [1.82, 2.24) is 0 Å². The lowest BCUT2D eigenvalue weighted by Gasteiger charge is -2.60. The zero-order valence-electron chi connectivity index (χ0n) is 30.3. The first kappa shape index (κ1) is 39.5. The van der Waals surface area contributed by atoms with Crippen LogP contribution in [0.15, 0.2) is 36.4 Å². The number of hydrogen-bond acceptors (Lipinski definition) is 10. The Balaban J connectivity index is 0.000000215. The number of aliphatic hydroxyl groups is 1. The minimum atomic E-state index is -0.444. The first-order valence-electron chi connectivity index (χ1n) is 17.1. The van der Waals surface area contributed by atoms with E-state index in [1.165, 1.54) is 12.1 Å². The highest BCUT2D eigenvalue weighted by Gasteiger charge is 2.54. The van der Waals surface area contributed by atoms with Gasteiger partial charge in [-0.3, -0.25) is 19.7 Å². The second-order valence-electron chi connectivity index (χ2n) is 16.4. The van der Waals surface area contributed by atoms with Gasteiger partial charge in [-0.15, -0.1) is 0 Å². The van der Waals surface area contributed by atoms with Crippen molar-refractivity contribution in [2.75, 3.05) is 48.8 Å². The summed E-state index contributed by atoms with van der Waals surface area (Å²) in [5, 5.41) is 18.9. The summed E-state index contributed by atoms with van der Waals surface area (Å²) in [6, 6.07) is 10.3. The van der Waals surface area contributed by atoms with Gasteiger partial charge in [0.1, 0.15) is 11.2 Å². The van der Waals surface area contributed by atoms with E-state index in [4.69, 9.17) is 43.5 Å². The number of anilines is 3. The molecule has 6 rings (SSSR count). The third-order valence-corrected chi connectivity index (χ3v) is 10.1. The van der Waals surface area contributed by atoms with Gasteiger partial charge in [0, 0.05) is 74.8 Å². The number of rotatable bonds is 7. The second kappa shape index (κ2) is 15.1. The van der Waals surface area contributed by atoms with Crippen molar-refractivity contribution in [1.29, 1.82) is 0 Å². The summed E-state index contributed by atoms with van der Waals surface area (Å²) in [4.78, 5) is 38.6. The van der Waals surface area contributed by atoms with Gasteiger partial charge in [0.05, 0.1) is 26.3 Å². The highest BCUT2D eigenvalue weighted by Crippen LogP contribution is 2.56. The van der Waals surface area contributed by atoms with E-state index in [0.29, 0.717) is 45.8 Å². The third-order valence-electron chi connectivity index (χ3n) is 9.54. The molecule has 13 heteroatoms. The molecule has 3 N–H and O–H groups in total. The number of carbonyl (C=O) groups excluding carboxylic acids is 2. The molecule has 2 heterocycles. The molecule has 50 heavy (non-hydrogen) atoms. The number of nitro benzene ring substituents is 1. The Morgan fingerprint density at radius 1 is 0.800 bits per heavy atom. The molecule has 4 fully saturated rings. The second-order valence-corrected chi connectivity index (χ2v) is 17.3. The monoisotopic (exact) mass is 734 g/mol. The summed E-state index contributed by atoms with van der Waals surface area (Å²) in [5.41, 5.74) is 8.14. The van der Waals surface area contributed by atoms with Gasteiger partial charge in [0.2, 0.25) is 0 Å². The number of nitro groups is 1. The van der Waals surface area contributed by atoms with Crippen LogP contribution in [0.2, 0.25) is 10.0 Å². The summed E-state index contributed by atoms with van der Waals surface area (Å²) in [7, 11) is 1.00. The molecule has 2 aromatic carbocycles. The summed E-state index contributed by atoms with van der Waals surface area (Å²) >= 11 is 12.5. The molecule has 2 saturated carbocycles. The number of esters is 2. The Kier molecular flexibility index (Phi) is 12.0. The number of hydrogen-bond donors (Lipinski definition) is 2. The number of non-ortho nitro benzene ring substituents is 1. The van der Waals surface area contributed by atoms with E-state index < -0.39 is 16.1 Å². The number of benzene rings is 2. The minimum Gasteiger partial charge on any atom is -0.460 e. The lowest BCUT2D eigenvalue weighted by molar-refractivity contribution is -0.384. The highest BCUT2D eigenvalue weighted by atomic mass is 35.5. The molecule has 2 saturated heterocycles. The fourth-order valence-electron chi connectivity index (χ4n) is 7.89. The van der Waals surface area contributed by atoms with Crippen molar-refractivity contribution in [3.8, 4) is 0 Å². The van der Waals surface area contributed by atoms with Gasteiger partial charge < -0.3 is 30.1 Å². The smallest absolute Gasteiger partial charge is 0.306 e. The van der Waals surface area contributed by atoms with Gasteiger partial charge in [0.25, 0.3) is 5.69 Å². The molecule has 4 aliphatic rings. The van der Waals surface area contributed by atoms with E-state index in [0.717, 1.165) is 70.3 Å². The van der Waals surface area contributed by atoms with Crippen molar-refractivity contribution < 1.29 is 29.1 Å². The van der Waals surface area contributed by atoms with Crippen LogP contribution in [0.4, 0.5) is 22.7 Å². The predicted molar refractivity (Wildman–Crippen MR) is 198 cm³/mol. The number of nitrogen functional groups attached to an aromatic ring is 1. The number of ether oxygens (including phenoxy) is 2. The highest BCUT2D eigenvalue weighted by molar-refractivity contribution is 6.34. The summed E-state index contributed by atoms with van der Waals surface area (Å²) in [6.07, 6.45) is 5.28. The van der Waals surface area contributed by atoms with Gasteiger partial charge in [-0.25, -0.2) is 0 Å². The Hall–Kier alpha value is -3.28. The van der Waals surface area contributed by atoms with E-state index in [2.05, 4.69) is 9.80 Å². The van der Waals surface area contributed by atoms with Crippen LogP contribution in [0.5, 0.6) is 0 Å². The van der Waals surface area contributed by atoms with E-state index in [-0.39, 0.29) is 23.0 Å². The predicted octanol–water partition coefficient (Wildman–Crippen LogP) is 7.68. The van der Waals surface area contributed by atoms with Crippen LogP contribution in [-0.4, -0.2) is 66.5 Å². The topological polar surface area (TPSA) is 148 Å². The Bertz CT molecular complexity index is 1540. The van der Waals surface area contributed by atoms with Crippen molar-refractivity contribution in [3.05, 3.63) is 56.6 Å². The first-order valence-corrected chi connectivity index (χ1v) is 17.9. The molecule has 2 aliphatic carbocycles. The number of nitrogens with zero attached hydrogens (tertiary/aromatic N) is 3. The Morgan fingerprint density at radius 2 is 1.18 bits per heavy atom. The zero-order chi connectivity index (χ0) is 37.2. The fourth-order valence-corrected chi connectivity index (χ4v) is 8.49. The average molecular weight is 736 g/mol. The summed E-state index contributed by atoms with van der Waals surface area (Å²) < 4.78 is 10.8. The molecule has 276 valence electrons. The molecule has 0 atom stereocenters. The average Bonchev–Trinajstić information content (AvgIpc) is 2.90. The maximum atomic E-state index is 11.9. The molecule has 2 spiro atoms. The van der Waals surface area contributed by atoms with Gasteiger partial charge >= 0.3 is 11.9 Å². The van der Waals surface area contributed by atoms with Crippen molar-refractivity contribution in [2.24, 2.45) is 22.7 Å². The van der Waals surface area contributed by atoms with Gasteiger partial charge in [-0.2, -0.15) is 0 Å². The van der Waals surface area contributed by atoms with Crippen LogP contribution >= 0.6 is 23.2 Å². The SMILES string of the molecule is CC(C)(C)OC(=O)CC1CC2(C1)CN(c1ccc(N)cc1Cl)C2.CC(C)(C)OC(=O)CC1CC2(C1)CN(c1ccc([N+](=O)[O-])cc1Cl)C2.CO. The van der Waals surface area contributed by atoms with E-state index >= 15 is 0 Å². The van der Waals surface area contributed by atoms with Crippen LogP contribution in [0, 0.1) is 32.8 Å². The quantitative estimate of drug-likeness (QED) is 0.126. The van der Waals surface area contributed by atoms with E-state index in [1.54, 1.807) is 12.1 Å². The first-order chi connectivity index (χ1) is 23.2. The number of aliphatic hydroxyl groups excluding tert-OH is 1. The van der Waals surface area contributed by atoms with Crippen molar-refractivity contribution in [3.63, 3.8) is 0 Å². The molecule has 0 unspecified atom stereocenters. The lowest BCUT2D eigenvalue weighted by atomic mass is 9.57. The maximum absolute atomic E-state index is 11.9. The zero-order valence-corrected chi connectivity index (χ0v) is 31.8. The minimum absolute atomic E-state index is 0.00468. The van der Waals surface area contributed by atoms with Crippen LogP contribution in [0.1, 0.15) is 80.1 Å². The molecule has 0 radical (unpaired) electrons. The normalized spacial score (nSPS) is 20.1. The van der Waals surface area contributed by atoms with E-state index in [9.17, 15) is 19.7 Å². The molecule has 0 aromatic heterocycles. The molecule has 2 aromatic rings. The number of nitrogens with two attached hydrogens (primary N) is 1. The van der Waals surface area contributed by atoms with Gasteiger partial charge in [0.15, 0.2) is 0 Å². The molecular formula is C37H52Cl2N4O7. The molecule has 2 aliphatic heterocycles. The Labute approximate surface area is 305 Å². The molecule has 0 amide bonds. The molecule has 0 bridgehead atoms. The fraction of sp³-hybridized carbons (Fsp3) is 0.622. The summed E-state index contributed by atoms with van der Waals surface area (Å²) in [6.45, 7) is 15.2. The summed E-state index contributed by atoms with van der Waals surface area (Å²) in [5.74, 6) is 0.662. The van der Waals surface area contributed by atoms with Crippen molar-refractivity contribution in [2.45, 2.75) is 91.3 Å². The van der Waals surface area contributed by atoms with Crippen LogP contribution in [-0.2, 0) is 19.1 Å². The molecule has 11 nitrogen and oxygen atoms in total. The van der Waals surface area contributed by atoms with Gasteiger partial charge in [-0.05, 0) is 103 Å². The van der Waals surface area contributed by atoms with Crippen LogP contribution < -0.4 is 15.5 Å². The lowest BCUT2D eigenvalue weighted by Crippen LogP contribution is -2.62.